The Labute approximate surface area is 228 Å². The number of likely N-dealkylation sites (tertiary alicyclic amines) is 2. The first-order valence-corrected chi connectivity index (χ1v) is 14.8. The number of hydrogen-bond acceptors (Lipinski definition) is 5. The van der Waals surface area contributed by atoms with E-state index in [1.807, 2.05) is 30.0 Å². The maximum atomic E-state index is 13.8. The van der Waals surface area contributed by atoms with Crippen LogP contribution in [0.2, 0.25) is 0 Å². The van der Waals surface area contributed by atoms with Gasteiger partial charge in [-0.05, 0) is 56.4 Å². The van der Waals surface area contributed by atoms with E-state index in [4.69, 9.17) is 0 Å². The summed E-state index contributed by atoms with van der Waals surface area (Å²) in [5.41, 5.74) is 1.83. The molecule has 9 nitrogen and oxygen atoms in total. The summed E-state index contributed by atoms with van der Waals surface area (Å²) in [7, 11) is -3.82. The summed E-state index contributed by atoms with van der Waals surface area (Å²) in [6.07, 6.45) is 4.44. The maximum Gasteiger partial charge on any atom is 0.268 e. The summed E-state index contributed by atoms with van der Waals surface area (Å²) in [6.45, 7) is 5.15. The lowest BCUT2D eigenvalue weighted by atomic mass is 9.71. The molecule has 2 aliphatic heterocycles. The molecule has 0 saturated carbocycles. The number of para-hydroxylation sites is 1. The van der Waals surface area contributed by atoms with Gasteiger partial charge in [-0.2, -0.15) is 0 Å². The van der Waals surface area contributed by atoms with Crippen LogP contribution in [0.15, 0.2) is 59.6 Å². The molecular weight excluding hydrogens is 516 g/mol. The van der Waals surface area contributed by atoms with E-state index in [9.17, 15) is 22.8 Å². The van der Waals surface area contributed by atoms with Gasteiger partial charge in [0.2, 0.25) is 17.7 Å². The maximum absolute atomic E-state index is 13.8. The van der Waals surface area contributed by atoms with Crippen molar-refractivity contribution >= 4 is 38.6 Å². The third-order valence-corrected chi connectivity index (χ3v) is 9.77. The number of benzene rings is 2. The van der Waals surface area contributed by atoms with Crippen LogP contribution in [0.4, 0.5) is 0 Å². The minimum Gasteiger partial charge on any atom is -0.347 e. The molecular formula is C29H34N4O5S. The first-order chi connectivity index (χ1) is 18.6. The van der Waals surface area contributed by atoms with E-state index in [0.29, 0.717) is 44.5 Å². The molecule has 3 heterocycles. The normalized spacial score (nSPS) is 17.5. The SMILES string of the molecule is CC(=O)NCC(=O)N1CCC2(CCCN(Cc3cn(S(=O)(=O)c4ccc(C)cc4)c4ccccc34)C2=O)CC1. The van der Waals surface area contributed by atoms with E-state index in [2.05, 4.69) is 5.32 Å². The van der Waals surface area contributed by atoms with Crippen molar-refractivity contribution in [2.75, 3.05) is 26.2 Å². The summed E-state index contributed by atoms with van der Waals surface area (Å²) in [5.74, 6) is -0.313. The van der Waals surface area contributed by atoms with Crippen molar-refractivity contribution in [3.63, 3.8) is 0 Å². The highest BCUT2D eigenvalue weighted by Crippen LogP contribution is 2.42. The van der Waals surface area contributed by atoms with Crippen molar-refractivity contribution in [2.24, 2.45) is 5.41 Å². The van der Waals surface area contributed by atoms with Gasteiger partial charge in [-0.3, -0.25) is 14.4 Å². The fourth-order valence-corrected chi connectivity index (χ4v) is 7.23. The van der Waals surface area contributed by atoms with E-state index < -0.39 is 15.4 Å². The number of aryl methyl sites for hydroxylation is 1. The standard InChI is InChI=1S/C29H34N4O5S/c1-21-8-10-24(11-9-21)39(37,38)33-20-23(25-6-3-4-7-26(25)33)19-32-15-5-12-29(28(32)36)13-16-31(17-14-29)27(35)18-30-22(2)34/h3-4,6-11,20H,5,12-19H2,1-2H3,(H,30,34). The Balaban J connectivity index is 1.36. The molecule has 3 aromatic rings. The van der Waals surface area contributed by atoms with E-state index in [-0.39, 0.29) is 29.2 Å². The molecule has 2 fully saturated rings. The number of aromatic nitrogens is 1. The summed E-state index contributed by atoms with van der Waals surface area (Å²) in [4.78, 5) is 41.2. The molecule has 0 bridgehead atoms. The molecule has 206 valence electrons. The second kappa shape index (κ2) is 10.5. The summed E-state index contributed by atoms with van der Waals surface area (Å²) < 4.78 is 28.5. The zero-order chi connectivity index (χ0) is 27.8. The highest BCUT2D eigenvalue weighted by atomic mass is 32.2. The summed E-state index contributed by atoms with van der Waals surface area (Å²) in [6, 6.07) is 14.2. The summed E-state index contributed by atoms with van der Waals surface area (Å²) >= 11 is 0. The van der Waals surface area contributed by atoms with Crippen LogP contribution in [0.3, 0.4) is 0 Å². The number of rotatable bonds is 6. The predicted octanol–water partition coefficient (Wildman–Crippen LogP) is 3.05. The Kier molecular flexibility index (Phi) is 7.24. The Morgan fingerprint density at radius 2 is 1.67 bits per heavy atom. The molecule has 0 atom stereocenters. The molecule has 5 rings (SSSR count). The Morgan fingerprint density at radius 1 is 0.974 bits per heavy atom. The number of piperidine rings is 2. The topological polar surface area (TPSA) is 109 Å². The van der Waals surface area contributed by atoms with E-state index in [1.54, 1.807) is 41.4 Å². The number of nitrogens with one attached hydrogen (secondary N) is 1. The van der Waals surface area contributed by atoms with Crippen LogP contribution in [0.25, 0.3) is 10.9 Å². The van der Waals surface area contributed by atoms with Crippen molar-refractivity contribution in [1.82, 2.24) is 19.1 Å². The first-order valence-electron chi connectivity index (χ1n) is 13.3. The second-order valence-corrected chi connectivity index (χ2v) is 12.5. The van der Waals surface area contributed by atoms with Crippen LogP contribution < -0.4 is 5.32 Å². The van der Waals surface area contributed by atoms with Gasteiger partial charge in [0.05, 0.1) is 22.4 Å². The second-order valence-electron chi connectivity index (χ2n) is 10.7. The van der Waals surface area contributed by atoms with Gasteiger partial charge in [0.25, 0.3) is 10.0 Å². The Morgan fingerprint density at radius 3 is 2.36 bits per heavy atom. The number of carbonyl (C=O) groups is 3. The lowest BCUT2D eigenvalue weighted by molar-refractivity contribution is -0.153. The summed E-state index contributed by atoms with van der Waals surface area (Å²) in [5, 5.41) is 3.35. The van der Waals surface area contributed by atoms with Crippen molar-refractivity contribution in [3.05, 3.63) is 65.9 Å². The molecule has 3 amide bonds. The zero-order valence-electron chi connectivity index (χ0n) is 22.4. The number of hydrogen-bond donors (Lipinski definition) is 1. The molecule has 0 unspecified atom stereocenters. The fourth-order valence-electron chi connectivity index (χ4n) is 5.84. The van der Waals surface area contributed by atoms with Crippen molar-refractivity contribution in [1.29, 1.82) is 0 Å². The third kappa shape index (κ3) is 5.17. The highest BCUT2D eigenvalue weighted by molar-refractivity contribution is 7.90. The quantitative estimate of drug-likeness (QED) is 0.508. The average molecular weight is 551 g/mol. The van der Waals surface area contributed by atoms with Crippen molar-refractivity contribution < 1.29 is 22.8 Å². The lowest BCUT2D eigenvalue weighted by Crippen LogP contribution is -2.54. The average Bonchev–Trinajstić information content (AvgIpc) is 3.30. The number of amides is 3. The molecule has 39 heavy (non-hydrogen) atoms. The lowest BCUT2D eigenvalue weighted by Gasteiger charge is -2.46. The number of fused-ring (bicyclic) bond motifs is 1. The largest absolute Gasteiger partial charge is 0.347 e. The van der Waals surface area contributed by atoms with E-state index in [1.165, 1.54) is 10.9 Å². The van der Waals surface area contributed by atoms with Gasteiger partial charge < -0.3 is 15.1 Å². The third-order valence-electron chi connectivity index (χ3n) is 8.09. The van der Waals surface area contributed by atoms with Crippen molar-refractivity contribution in [3.8, 4) is 0 Å². The molecule has 0 radical (unpaired) electrons. The highest BCUT2D eigenvalue weighted by Gasteiger charge is 2.46. The smallest absolute Gasteiger partial charge is 0.268 e. The van der Waals surface area contributed by atoms with Crippen LogP contribution in [-0.4, -0.2) is 66.1 Å². The predicted molar refractivity (Wildman–Crippen MR) is 147 cm³/mol. The molecule has 0 aliphatic carbocycles. The Bertz CT molecular complexity index is 1520. The number of carbonyl (C=O) groups excluding carboxylic acids is 3. The van der Waals surface area contributed by atoms with Gasteiger partial charge in [0, 0.05) is 44.7 Å². The first kappa shape index (κ1) is 26.9. The number of nitrogens with zero attached hydrogens (tertiary/aromatic N) is 3. The van der Waals surface area contributed by atoms with Gasteiger partial charge >= 0.3 is 0 Å². The van der Waals surface area contributed by atoms with Crippen LogP contribution in [0.5, 0.6) is 0 Å². The van der Waals surface area contributed by atoms with Crippen molar-refractivity contribution in [2.45, 2.75) is 51.0 Å². The monoisotopic (exact) mass is 550 g/mol. The van der Waals surface area contributed by atoms with Crippen LogP contribution >= 0.6 is 0 Å². The van der Waals surface area contributed by atoms with Gasteiger partial charge in [-0.25, -0.2) is 12.4 Å². The Hall–Kier alpha value is -3.66. The van der Waals surface area contributed by atoms with Gasteiger partial charge in [0.15, 0.2) is 0 Å². The van der Waals surface area contributed by atoms with Crippen LogP contribution in [-0.2, 0) is 31.0 Å². The van der Waals surface area contributed by atoms with E-state index in [0.717, 1.165) is 29.4 Å². The van der Waals surface area contributed by atoms with Crippen LogP contribution in [0, 0.1) is 12.3 Å². The van der Waals surface area contributed by atoms with Gasteiger partial charge in [-0.15, -0.1) is 0 Å². The fraction of sp³-hybridized carbons (Fsp3) is 0.414. The van der Waals surface area contributed by atoms with Gasteiger partial charge in [0.1, 0.15) is 0 Å². The molecule has 10 heteroatoms. The molecule has 1 spiro atoms. The van der Waals surface area contributed by atoms with Crippen LogP contribution in [0.1, 0.15) is 43.7 Å². The molecule has 2 saturated heterocycles. The van der Waals surface area contributed by atoms with Gasteiger partial charge in [-0.1, -0.05) is 35.9 Å². The molecule has 1 N–H and O–H groups in total. The molecule has 2 aromatic carbocycles. The molecule has 1 aromatic heterocycles. The zero-order valence-corrected chi connectivity index (χ0v) is 23.2. The minimum absolute atomic E-state index is 0.0298. The molecule has 2 aliphatic rings. The minimum atomic E-state index is -3.82. The van der Waals surface area contributed by atoms with E-state index >= 15 is 0 Å².